The number of hydrogen-bond acceptors (Lipinski definition) is 3. The van der Waals surface area contributed by atoms with E-state index >= 15 is 0 Å². The van der Waals surface area contributed by atoms with Crippen molar-refractivity contribution in [3.8, 4) is 0 Å². The normalized spacial score (nSPS) is 36.2. The van der Waals surface area contributed by atoms with E-state index in [9.17, 15) is 8.60 Å². The van der Waals surface area contributed by atoms with Gasteiger partial charge in [0.1, 0.15) is 6.17 Å². The van der Waals surface area contributed by atoms with Crippen LogP contribution in [0.25, 0.3) is 0 Å². The van der Waals surface area contributed by atoms with Gasteiger partial charge in [0.05, 0.1) is 6.04 Å². The van der Waals surface area contributed by atoms with Crippen molar-refractivity contribution in [1.82, 2.24) is 5.48 Å². The molecule has 9 heavy (non-hydrogen) atoms. The van der Waals surface area contributed by atoms with Crippen molar-refractivity contribution in [3.05, 3.63) is 0 Å². The van der Waals surface area contributed by atoms with E-state index in [4.69, 9.17) is 4.55 Å². The molecule has 4 nitrogen and oxygen atoms in total. The molecule has 3 unspecified atom stereocenters. The maximum absolute atomic E-state index is 11.9. The highest BCUT2D eigenvalue weighted by molar-refractivity contribution is 7.74. The molecule has 0 bridgehead atoms. The SMILES string of the molecule is O=S(O)ONC1CC1F. The number of hydrogen-bond donors (Lipinski definition) is 2. The van der Waals surface area contributed by atoms with E-state index in [1.165, 1.54) is 0 Å². The topological polar surface area (TPSA) is 58.6 Å². The van der Waals surface area contributed by atoms with E-state index < -0.39 is 17.5 Å². The zero-order valence-electron chi connectivity index (χ0n) is 4.41. The van der Waals surface area contributed by atoms with Crippen LogP contribution in [0.5, 0.6) is 0 Å². The quantitative estimate of drug-likeness (QED) is 0.436. The zero-order valence-corrected chi connectivity index (χ0v) is 5.23. The molecule has 1 saturated carbocycles. The summed E-state index contributed by atoms with van der Waals surface area (Å²) in [4.78, 5) is 0. The summed E-state index contributed by atoms with van der Waals surface area (Å²) in [5, 5.41) is 0. The maximum atomic E-state index is 11.9. The molecule has 0 aromatic carbocycles. The average Bonchev–Trinajstić information content (AvgIpc) is 2.42. The van der Waals surface area contributed by atoms with Crippen LogP contribution in [-0.4, -0.2) is 21.0 Å². The standard InChI is InChI=1S/C3H6FNO3S/c4-2-1-3(2)5-8-9(6)7/h2-3,5H,1H2,(H,6,7). The van der Waals surface area contributed by atoms with Crippen LogP contribution in [0.2, 0.25) is 0 Å². The lowest BCUT2D eigenvalue weighted by Crippen LogP contribution is -2.19. The predicted molar refractivity (Wildman–Crippen MR) is 28.3 cm³/mol. The van der Waals surface area contributed by atoms with E-state index in [1.807, 2.05) is 0 Å². The Bertz CT molecular complexity index is 132. The Hall–Kier alpha value is -0.0400. The van der Waals surface area contributed by atoms with Crippen LogP contribution >= 0.6 is 0 Å². The first-order valence-corrected chi connectivity index (χ1v) is 3.41. The fourth-order valence-corrected chi connectivity index (χ4v) is 0.595. The van der Waals surface area contributed by atoms with Crippen LogP contribution in [0.1, 0.15) is 6.42 Å². The highest BCUT2D eigenvalue weighted by atomic mass is 32.2. The summed E-state index contributed by atoms with van der Waals surface area (Å²) in [5.74, 6) is 0. The molecule has 0 aliphatic heterocycles. The van der Waals surface area contributed by atoms with Crippen molar-refractivity contribution >= 4 is 11.4 Å². The van der Waals surface area contributed by atoms with Gasteiger partial charge in [0.2, 0.25) is 0 Å². The molecule has 0 aromatic rings. The monoisotopic (exact) mass is 155 g/mol. The van der Waals surface area contributed by atoms with Crippen LogP contribution in [0.4, 0.5) is 4.39 Å². The summed E-state index contributed by atoms with van der Waals surface area (Å²) in [7, 11) is 0. The second-order valence-electron chi connectivity index (χ2n) is 1.78. The van der Waals surface area contributed by atoms with E-state index in [2.05, 4.69) is 9.76 Å². The zero-order chi connectivity index (χ0) is 6.85. The Balaban J connectivity index is 2.00. The van der Waals surface area contributed by atoms with Crippen molar-refractivity contribution in [1.29, 1.82) is 0 Å². The lowest BCUT2D eigenvalue weighted by Gasteiger charge is -1.94. The molecule has 1 rings (SSSR count). The minimum Gasteiger partial charge on any atom is -0.283 e. The summed E-state index contributed by atoms with van der Waals surface area (Å²) >= 11 is -2.34. The highest BCUT2D eigenvalue weighted by Crippen LogP contribution is 2.24. The molecular weight excluding hydrogens is 149 g/mol. The maximum Gasteiger partial charge on any atom is 0.319 e. The minimum atomic E-state index is -2.34. The average molecular weight is 155 g/mol. The van der Waals surface area contributed by atoms with Crippen LogP contribution in [0, 0.1) is 0 Å². The summed E-state index contributed by atoms with van der Waals surface area (Å²) in [6.45, 7) is 0. The Kier molecular flexibility index (Phi) is 2.12. The van der Waals surface area contributed by atoms with Crippen LogP contribution in [0.15, 0.2) is 0 Å². The molecule has 0 aromatic heterocycles. The molecule has 1 aliphatic rings. The number of halogens is 1. The van der Waals surface area contributed by atoms with Crippen molar-refractivity contribution in [2.45, 2.75) is 18.6 Å². The van der Waals surface area contributed by atoms with Gasteiger partial charge in [-0.15, -0.1) is 0 Å². The predicted octanol–water partition coefficient (Wildman–Crippen LogP) is -0.245. The number of hydroxylamine groups is 1. The third-order valence-corrected chi connectivity index (χ3v) is 1.22. The molecule has 0 amide bonds. The Labute approximate surface area is 53.8 Å². The van der Waals surface area contributed by atoms with E-state index in [-0.39, 0.29) is 6.04 Å². The van der Waals surface area contributed by atoms with Crippen LogP contribution < -0.4 is 5.48 Å². The third kappa shape index (κ3) is 2.35. The lowest BCUT2D eigenvalue weighted by molar-refractivity contribution is 0.182. The second kappa shape index (κ2) is 2.70. The molecule has 1 aliphatic carbocycles. The molecule has 54 valence electrons. The van der Waals surface area contributed by atoms with Crippen LogP contribution in [0.3, 0.4) is 0 Å². The molecular formula is C3H6FNO3S. The molecule has 0 radical (unpaired) electrons. The van der Waals surface area contributed by atoms with E-state index in [0.717, 1.165) is 0 Å². The van der Waals surface area contributed by atoms with Gasteiger partial charge in [-0.3, -0.25) is 4.55 Å². The smallest absolute Gasteiger partial charge is 0.283 e. The Morgan fingerprint density at radius 3 is 2.78 bits per heavy atom. The van der Waals surface area contributed by atoms with E-state index in [0.29, 0.717) is 6.42 Å². The molecule has 2 N–H and O–H groups in total. The molecule has 0 spiro atoms. The first-order valence-electron chi connectivity index (χ1n) is 2.38. The Morgan fingerprint density at radius 1 is 1.89 bits per heavy atom. The lowest BCUT2D eigenvalue weighted by atomic mass is 10.8. The van der Waals surface area contributed by atoms with Gasteiger partial charge in [-0.25, -0.2) is 4.39 Å². The summed E-state index contributed by atoms with van der Waals surface area (Å²) in [6, 6.07) is -0.388. The first kappa shape index (κ1) is 7.07. The van der Waals surface area contributed by atoms with Gasteiger partial charge < -0.3 is 0 Å². The van der Waals surface area contributed by atoms with Gasteiger partial charge in [-0.2, -0.15) is 14.0 Å². The highest BCUT2D eigenvalue weighted by Gasteiger charge is 2.38. The van der Waals surface area contributed by atoms with Crippen molar-refractivity contribution in [2.24, 2.45) is 0 Å². The largest absolute Gasteiger partial charge is 0.319 e. The number of rotatable bonds is 3. The fraction of sp³-hybridized carbons (Fsp3) is 1.00. The first-order chi connectivity index (χ1) is 4.20. The van der Waals surface area contributed by atoms with Crippen LogP contribution in [-0.2, 0) is 15.6 Å². The summed E-state index contributed by atoms with van der Waals surface area (Å²) in [5.41, 5.74) is 2.08. The molecule has 0 saturated heterocycles. The van der Waals surface area contributed by atoms with Gasteiger partial charge in [0.25, 0.3) is 0 Å². The van der Waals surface area contributed by atoms with Crippen molar-refractivity contribution in [2.75, 3.05) is 0 Å². The van der Waals surface area contributed by atoms with Crippen molar-refractivity contribution < 1.29 is 17.4 Å². The second-order valence-corrected chi connectivity index (χ2v) is 2.38. The van der Waals surface area contributed by atoms with E-state index in [1.54, 1.807) is 0 Å². The number of alkyl halides is 1. The van der Waals surface area contributed by atoms with Gasteiger partial charge in [-0.1, -0.05) is 0 Å². The van der Waals surface area contributed by atoms with Gasteiger partial charge >= 0.3 is 11.4 Å². The Morgan fingerprint density at radius 2 is 2.44 bits per heavy atom. The summed E-state index contributed by atoms with van der Waals surface area (Å²) < 4.78 is 33.6. The third-order valence-electron chi connectivity index (χ3n) is 0.983. The summed E-state index contributed by atoms with van der Waals surface area (Å²) in [6.07, 6.45) is -0.564. The molecule has 6 heteroatoms. The molecule has 1 fully saturated rings. The van der Waals surface area contributed by atoms with Gasteiger partial charge in [-0.05, 0) is 0 Å². The molecule has 3 atom stereocenters. The minimum absolute atomic E-state index is 0.358. The molecule has 0 heterocycles. The van der Waals surface area contributed by atoms with Gasteiger partial charge in [0, 0.05) is 6.42 Å². The van der Waals surface area contributed by atoms with Crippen molar-refractivity contribution in [3.63, 3.8) is 0 Å². The fourth-order valence-electron chi connectivity index (χ4n) is 0.389. The van der Waals surface area contributed by atoms with Gasteiger partial charge in [0.15, 0.2) is 0 Å². The number of nitrogens with one attached hydrogen (secondary N) is 1.